The van der Waals surface area contributed by atoms with Crippen molar-refractivity contribution in [2.45, 2.75) is 13.1 Å². The van der Waals surface area contributed by atoms with Gasteiger partial charge in [0, 0.05) is 13.1 Å². The van der Waals surface area contributed by atoms with Gasteiger partial charge in [0.25, 0.3) is 11.4 Å². The Kier molecular flexibility index (Phi) is 11.5. The van der Waals surface area contributed by atoms with Crippen LogP contribution in [0.1, 0.15) is 11.1 Å². The smallest absolute Gasteiger partial charge is 0.299 e. The van der Waals surface area contributed by atoms with E-state index in [-0.39, 0.29) is 0 Å². The molecule has 6 N–H and O–H groups in total. The lowest BCUT2D eigenvalue weighted by molar-refractivity contribution is 0.454. The molecule has 6 heteroatoms. The number of nitrogens with two attached hydrogens (primary N) is 2. The van der Waals surface area contributed by atoms with E-state index in [2.05, 4.69) is 0 Å². The van der Waals surface area contributed by atoms with Crippen LogP contribution in [0.15, 0.2) is 60.7 Å². The van der Waals surface area contributed by atoms with Gasteiger partial charge in [0.2, 0.25) is 0 Å². The zero-order valence-electron chi connectivity index (χ0n) is 11.1. The highest BCUT2D eigenvalue weighted by Gasteiger charge is 1.80. The normalized spacial score (nSPS) is 9.05. The van der Waals surface area contributed by atoms with Crippen molar-refractivity contribution in [3.63, 3.8) is 0 Å². The average Bonchev–Trinajstić information content (AvgIpc) is 2.49. The van der Waals surface area contributed by atoms with Crippen molar-refractivity contribution in [1.29, 1.82) is 0 Å². The molecule has 0 heterocycles. The molecule has 2 aromatic rings. The third-order valence-electron chi connectivity index (χ3n) is 2.16. The highest BCUT2D eigenvalue weighted by Crippen LogP contribution is 1.94. The molecule has 0 unspecified atom stereocenters. The van der Waals surface area contributed by atoms with Crippen LogP contribution >= 0.6 is 0 Å². The Balaban J connectivity index is 0.000000289. The second kappa shape index (κ2) is 12.5. The summed E-state index contributed by atoms with van der Waals surface area (Å²) in [5, 5.41) is 0. The molecular weight excluding hydrogens is 276 g/mol. The van der Waals surface area contributed by atoms with Crippen molar-refractivity contribution in [3.05, 3.63) is 71.8 Å². The molecule has 0 aliphatic heterocycles. The van der Waals surface area contributed by atoms with Crippen molar-refractivity contribution in [2.24, 2.45) is 11.5 Å². The summed E-state index contributed by atoms with van der Waals surface area (Å²) in [6.45, 7) is 1.28. The molecule has 0 bridgehead atoms. The molecule has 0 aliphatic carbocycles. The molecule has 20 heavy (non-hydrogen) atoms. The third-order valence-corrected chi connectivity index (χ3v) is 2.16. The molecule has 0 amide bonds. The summed E-state index contributed by atoms with van der Waals surface area (Å²) in [6, 6.07) is 20.0. The predicted octanol–water partition coefficient (Wildman–Crippen LogP) is 1.97. The minimum Gasteiger partial charge on any atom is -0.326 e. The second-order valence-electron chi connectivity index (χ2n) is 3.61. The van der Waals surface area contributed by atoms with Crippen molar-refractivity contribution in [1.82, 2.24) is 0 Å². The van der Waals surface area contributed by atoms with Gasteiger partial charge in [0.1, 0.15) is 0 Å². The van der Waals surface area contributed by atoms with E-state index >= 15 is 0 Å². The standard InChI is InChI=1S/2C7H9N.H2O3S/c2*8-6-7-4-2-1-3-5-7;1-4(2)3/h2*1-5H,6,8H2;(H2,1,2,3). The maximum atomic E-state index is 8.67. The Morgan fingerprint density at radius 1 is 0.750 bits per heavy atom. The fourth-order valence-electron chi connectivity index (χ4n) is 1.23. The van der Waals surface area contributed by atoms with Crippen molar-refractivity contribution in [3.8, 4) is 0 Å². The summed E-state index contributed by atoms with van der Waals surface area (Å²) in [7, 11) is 0. The van der Waals surface area contributed by atoms with Crippen LogP contribution in [0.5, 0.6) is 0 Å². The Bertz CT molecular complexity index is 423. The van der Waals surface area contributed by atoms with E-state index in [0.717, 1.165) is 0 Å². The van der Waals surface area contributed by atoms with E-state index in [4.69, 9.17) is 24.8 Å². The Morgan fingerprint density at radius 2 is 1.00 bits per heavy atom. The fraction of sp³-hybridized carbons (Fsp3) is 0.143. The highest BCUT2D eigenvalue weighted by atomic mass is 32.2. The van der Waals surface area contributed by atoms with Gasteiger partial charge < -0.3 is 11.5 Å². The molecule has 0 aromatic heterocycles. The van der Waals surface area contributed by atoms with Gasteiger partial charge in [-0.3, -0.25) is 9.11 Å². The minimum absolute atomic E-state index is 0.640. The van der Waals surface area contributed by atoms with Crippen LogP contribution in [-0.2, 0) is 24.5 Å². The maximum absolute atomic E-state index is 8.67. The van der Waals surface area contributed by atoms with Crippen LogP contribution < -0.4 is 11.5 Å². The Hall–Kier alpha value is -1.57. The van der Waals surface area contributed by atoms with Gasteiger partial charge in [0.15, 0.2) is 0 Å². The molecule has 0 radical (unpaired) electrons. The van der Waals surface area contributed by atoms with E-state index in [0.29, 0.717) is 13.1 Å². The molecule has 0 spiro atoms. The Labute approximate surface area is 121 Å². The van der Waals surface area contributed by atoms with E-state index in [9.17, 15) is 0 Å². The van der Waals surface area contributed by atoms with Gasteiger partial charge in [-0.25, -0.2) is 0 Å². The lowest BCUT2D eigenvalue weighted by Crippen LogP contribution is -1.94. The van der Waals surface area contributed by atoms with Crippen LogP contribution in [0, 0.1) is 0 Å². The van der Waals surface area contributed by atoms with E-state index in [1.807, 2.05) is 60.7 Å². The fourth-order valence-corrected chi connectivity index (χ4v) is 1.23. The zero-order valence-corrected chi connectivity index (χ0v) is 11.9. The van der Waals surface area contributed by atoms with Gasteiger partial charge in [-0.2, -0.15) is 4.21 Å². The topological polar surface area (TPSA) is 110 Å². The van der Waals surface area contributed by atoms with Gasteiger partial charge >= 0.3 is 0 Å². The van der Waals surface area contributed by atoms with Gasteiger partial charge in [-0.1, -0.05) is 60.7 Å². The first kappa shape index (κ1) is 18.4. The first-order chi connectivity index (χ1) is 9.60. The van der Waals surface area contributed by atoms with E-state index < -0.39 is 11.4 Å². The third kappa shape index (κ3) is 11.5. The van der Waals surface area contributed by atoms with Crippen LogP contribution in [0.3, 0.4) is 0 Å². The second-order valence-corrected chi connectivity index (χ2v) is 4.07. The summed E-state index contributed by atoms with van der Waals surface area (Å²) < 4.78 is 22.8. The molecule has 2 aromatic carbocycles. The molecule has 0 fully saturated rings. The van der Waals surface area contributed by atoms with E-state index in [1.165, 1.54) is 11.1 Å². The quantitative estimate of drug-likeness (QED) is 0.633. The summed E-state index contributed by atoms with van der Waals surface area (Å²) in [5.74, 6) is 0. The summed E-state index contributed by atoms with van der Waals surface area (Å²) in [5.41, 5.74) is 13.1. The SMILES string of the molecule is NCc1ccccc1.NCc1ccccc1.O=S(O)O. The first-order valence-electron chi connectivity index (χ1n) is 5.88. The number of hydrogen-bond donors (Lipinski definition) is 4. The molecule has 110 valence electrons. The highest BCUT2D eigenvalue weighted by molar-refractivity contribution is 7.73. The molecule has 5 nitrogen and oxygen atoms in total. The van der Waals surface area contributed by atoms with Crippen LogP contribution in [-0.4, -0.2) is 13.3 Å². The molecule has 0 saturated carbocycles. The molecule has 0 saturated heterocycles. The molecule has 2 rings (SSSR count). The maximum Gasteiger partial charge on any atom is 0.299 e. The van der Waals surface area contributed by atoms with Crippen molar-refractivity contribution >= 4 is 11.4 Å². The molecule has 0 aliphatic rings. The van der Waals surface area contributed by atoms with Gasteiger partial charge in [-0.15, -0.1) is 0 Å². The van der Waals surface area contributed by atoms with Crippen LogP contribution in [0.2, 0.25) is 0 Å². The minimum atomic E-state index is -2.61. The van der Waals surface area contributed by atoms with Crippen molar-refractivity contribution in [2.75, 3.05) is 0 Å². The van der Waals surface area contributed by atoms with Crippen LogP contribution in [0.25, 0.3) is 0 Å². The number of benzene rings is 2. The average molecular weight is 296 g/mol. The van der Waals surface area contributed by atoms with Gasteiger partial charge in [0.05, 0.1) is 0 Å². The Morgan fingerprint density at radius 3 is 1.15 bits per heavy atom. The zero-order chi connectivity index (χ0) is 15.2. The lowest BCUT2D eigenvalue weighted by Gasteiger charge is -1.90. The predicted molar refractivity (Wildman–Crippen MR) is 82.1 cm³/mol. The van der Waals surface area contributed by atoms with Crippen LogP contribution in [0.4, 0.5) is 0 Å². The largest absolute Gasteiger partial charge is 0.326 e. The van der Waals surface area contributed by atoms with Crippen molar-refractivity contribution < 1.29 is 13.3 Å². The monoisotopic (exact) mass is 296 g/mol. The molecule has 0 atom stereocenters. The summed E-state index contributed by atoms with van der Waals surface area (Å²) in [4.78, 5) is 0. The first-order valence-corrected chi connectivity index (χ1v) is 6.94. The summed E-state index contributed by atoms with van der Waals surface area (Å²) >= 11 is -2.61. The summed E-state index contributed by atoms with van der Waals surface area (Å²) in [6.07, 6.45) is 0. The molecular formula is C14H20N2O3S. The van der Waals surface area contributed by atoms with Gasteiger partial charge in [-0.05, 0) is 11.1 Å². The number of hydrogen-bond acceptors (Lipinski definition) is 3. The van der Waals surface area contributed by atoms with E-state index in [1.54, 1.807) is 0 Å². The lowest BCUT2D eigenvalue weighted by atomic mass is 10.2. The number of rotatable bonds is 2.